The Morgan fingerprint density at radius 1 is 1.04 bits per heavy atom. The highest BCUT2D eigenvalue weighted by Crippen LogP contribution is 2.32. The summed E-state index contributed by atoms with van der Waals surface area (Å²) in [6, 6.07) is 14.2. The number of nitriles is 1. The van der Waals surface area contributed by atoms with Crippen LogP contribution in [0.2, 0.25) is 10.0 Å². The normalized spacial score (nSPS) is 14.1. The first-order chi connectivity index (χ1) is 12.1. The van der Waals surface area contributed by atoms with E-state index in [0.717, 1.165) is 5.69 Å². The van der Waals surface area contributed by atoms with Gasteiger partial charge in [0, 0.05) is 31.9 Å². The summed E-state index contributed by atoms with van der Waals surface area (Å²) in [7, 11) is 0. The summed E-state index contributed by atoms with van der Waals surface area (Å²) in [5.41, 5.74) is 2.12. The van der Waals surface area contributed by atoms with Crippen molar-refractivity contribution in [1.82, 2.24) is 4.90 Å². The Labute approximate surface area is 156 Å². The maximum atomic E-state index is 12.4. The van der Waals surface area contributed by atoms with Crippen LogP contribution in [0.15, 0.2) is 42.5 Å². The fourth-order valence-electron chi connectivity index (χ4n) is 2.72. The number of halogens is 2. The molecule has 128 valence electrons. The second kappa shape index (κ2) is 7.64. The quantitative estimate of drug-likeness (QED) is 0.855. The lowest BCUT2D eigenvalue weighted by atomic mass is 10.2. The van der Waals surface area contributed by atoms with Crippen molar-refractivity contribution in [2.45, 2.75) is 0 Å². The molecule has 3 rings (SSSR count). The van der Waals surface area contributed by atoms with Crippen molar-refractivity contribution in [1.29, 1.82) is 5.26 Å². The Bertz CT molecular complexity index is 809. The minimum atomic E-state index is -0.151. The second-order valence-corrected chi connectivity index (χ2v) is 6.45. The van der Waals surface area contributed by atoms with Gasteiger partial charge < -0.3 is 15.1 Å². The number of hydrogen-bond acceptors (Lipinski definition) is 3. The monoisotopic (exact) mass is 374 g/mol. The minimum Gasteiger partial charge on any atom is -0.367 e. The molecule has 1 saturated heterocycles. The molecule has 1 heterocycles. The van der Waals surface area contributed by atoms with Gasteiger partial charge in [-0.1, -0.05) is 29.3 Å². The molecule has 0 radical (unpaired) electrons. The number of rotatable bonds is 2. The topological polar surface area (TPSA) is 59.4 Å². The zero-order chi connectivity index (χ0) is 17.8. The van der Waals surface area contributed by atoms with E-state index in [0.29, 0.717) is 47.5 Å². The number of hydrogen-bond donors (Lipinski definition) is 1. The van der Waals surface area contributed by atoms with Gasteiger partial charge in [0.05, 0.1) is 27.4 Å². The second-order valence-electron chi connectivity index (χ2n) is 5.67. The molecule has 1 aliphatic heterocycles. The van der Waals surface area contributed by atoms with E-state index in [2.05, 4.69) is 16.3 Å². The molecule has 0 aromatic heterocycles. The summed E-state index contributed by atoms with van der Waals surface area (Å²) in [6.45, 7) is 2.54. The fourth-order valence-corrected chi connectivity index (χ4v) is 3.13. The number of amides is 2. The molecule has 5 nitrogen and oxygen atoms in total. The molecule has 1 N–H and O–H groups in total. The highest BCUT2D eigenvalue weighted by Gasteiger charge is 2.23. The largest absolute Gasteiger partial charge is 0.367 e. The number of anilines is 2. The maximum Gasteiger partial charge on any atom is 0.321 e. The maximum absolute atomic E-state index is 12.4. The van der Waals surface area contributed by atoms with Gasteiger partial charge in [0.15, 0.2) is 0 Å². The summed E-state index contributed by atoms with van der Waals surface area (Å²) in [5.74, 6) is 0. The van der Waals surface area contributed by atoms with E-state index in [1.54, 1.807) is 35.2 Å². The Morgan fingerprint density at radius 2 is 1.72 bits per heavy atom. The third-order valence-electron chi connectivity index (χ3n) is 4.10. The first kappa shape index (κ1) is 17.4. The van der Waals surface area contributed by atoms with Crippen LogP contribution in [0.3, 0.4) is 0 Å². The van der Waals surface area contributed by atoms with E-state index < -0.39 is 0 Å². The minimum absolute atomic E-state index is 0.151. The van der Waals surface area contributed by atoms with Crippen LogP contribution in [-0.4, -0.2) is 37.1 Å². The molecule has 0 atom stereocenters. The van der Waals surface area contributed by atoms with Gasteiger partial charge in [0.1, 0.15) is 0 Å². The van der Waals surface area contributed by atoms with E-state index >= 15 is 0 Å². The van der Waals surface area contributed by atoms with E-state index in [-0.39, 0.29) is 6.03 Å². The summed E-state index contributed by atoms with van der Waals surface area (Å²) in [4.78, 5) is 16.3. The average molecular weight is 375 g/mol. The molecule has 2 aromatic rings. The van der Waals surface area contributed by atoms with Crippen LogP contribution in [0.5, 0.6) is 0 Å². The summed E-state index contributed by atoms with van der Waals surface area (Å²) < 4.78 is 0. The molecule has 0 saturated carbocycles. The molecule has 0 spiro atoms. The zero-order valence-electron chi connectivity index (χ0n) is 13.4. The van der Waals surface area contributed by atoms with Gasteiger partial charge in [-0.05, 0) is 36.4 Å². The Kier molecular flexibility index (Phi) is 5.32. The zero-order valence-corrected chi connectivity index (χ0v) is 14.9. The van der Waals surface area contributed by atoms with Crippen molar-refractivity contribution in [2.24, 2.45) is 0 Å². The lowest BCUT2D eigenvalue weighted by molar-refractivity contribution is 0.208. The van der Waals surface area contributed by atoms with Crippen molar-refractivity contribution in [3.63, 3.8) is 0 Å². The van der Waals surface area contributed by atoms with E-state index in [1.807, 2.05) is 12.1 Å². The van der Waals surface area contributed by atoms with Crippen LogP contribution >= 0.6 is 23.2 Å². The molecule has 25 heavy (non-hydrogen) atoms. The number of carbonyl (C=O) groups is 1. The number of piperazine rings is 1. The third kappa shape index (κ3) is 3.98. The Hall–Kier alpha value is -2.42. The SMILES string of the molecule is N#Cc1ccc(NC(=O)N2CCN(c3cccc(Cl)c3Cl)CC2)cc1. The van der Waals surface area contributed by atoms with Gasteiger partial charge in [0.2, 0.25) is 0 Å². The van der Waals surface area contributed by atoms with Crippen molar-refractivity contribution in [2.75, 3.05) is 36.4 Å². The number of benzene rings is 2. The first-order valence-corrected chi connectivity index (χ1v) is 8.59. The molecule has 2 aromatic carbocycles. The molecular formula is C18H16Cl2N4O. The summed E-state index contributed by atoms with van der Waals surface area (Å²) in [5, 5.41) is 12.7. The van der Waals surface area contributed by atoms with Gasteiger partial charge in [-0.2, -0.15) is 5.26 Å². The Morgan fingerprint density at radius 3 is 2.36 bits per heavy atom. The predicted octanol–water partition coefficient (Wildman–Crippen LogP) is 4.22. The Balaban J connectivity index is 1.59. The van der Waals surface area contributed by atoms with Crippen LogP contribution < -0.4 is 10.2 Å². The molecule has 1 fully saturated rings. The summed E-state index contributed by atoms with van der Waals surface area (Å²) in [6.07, 6.45) is 0. The molecule has 1 aliphatic rings. The molecule has 0 aliphatic carbocycles. The number of nitrogens with zero attached hydrogens (tertiary/aromatic N) is 3. The highest BCUT2D eigenvalue weighted by atomic mass is 35.5. The predicted molar refractivity (Wildman–Crippen MR) is 100 cm³/mol. The smallest absolute Gasteiger partial charge is 0.321 e. The number of nitrogens with one attached hydrogen (secondary N) is 1. The van der Waals surface area contributed by atoms with Crippen LogP contribution in [0.25, 0.3) is 0 Å². The van der Waals surface area contributed by atoms with Crippen LogP contribution in [0.1, 0.15) is 5.56 Å². The molecule has 2 amide bonds. The number of urea groups is 1. The number of carbonyl (C=O) groups excluding carboxylic acids is 1. The van der Waals surface area contributed by atoms with E-state index in [9.17, 15) is 4.79 Å². The molecule has 0 bridgehead atoms. The van der Waals surface area contributed by atoms with Crippen molar-refractivity contribution < 1.29 is 4.79 Å². The van der Waals surface area contributed by atoms with Crippen molar-refractivity contribution in [3.05, 3.63) is 58.1 Å². The van der Waals surface area contributed by atoms with Crippen LogP contribution in [0, 0.1) is 11.3 Å². The molecule has 0 unspecified atom stereocenters. The van der Waals surface area contributed by atoms with Crippen molar-refractivity contribution >= 4 is 40.6 Å². The first-order valence-electron chi connectivity index (χ1n) is 7.83. The van der Waals surface area contributed by atoms with Crippen LogP contribution in [0.4, 0.5) is 16.2 Å². The van der Waals surface area contributed by atoms with Gasteiger partial charge >= 0.3 is 6.03 Å². The van der Waals surface area contributed by atoms with Gasteiger partial charge in [-0.15, -0.1) is 0 Å². The summed E-state index contributed by atoms with van der Waals surface area (Å²) >= 11 is 12.3. The lowest BCUT2D eigenvalue weighted by Crippen LogP contribution is -2.50. The molecule has 7 heteroatoms. The standard InChI is InChI=1S/C18H16Cl2N4O/c19-15-2-1-3-16(17(15)20)23-8-10-24(11-9-23)18(25)22-14-6-4-13(12-21)5-7-14/h1-7H,8-11H2,(H,22,25). The fraction of sp³-hybridized carbons (Fsp3) is 0.222. The van der Waals surface area contributed by atoms with Crippen molar-refractivity contribution in [3.8, 4) is 6.07 Å². The van der Waals surface area contributed by atoms with E-state index in [1.165, 1.54) is 0 Å². The average Bonchev–Trinajstić information content (AvgIpc) is 2.65. The lowest BCUT2D eigenvalue weighted by Gasteiger charge is -2.36. The van der Waals surface area contributed by atoms with Gasteiger partial charge in [-0.25, -0.2) is 4.79 Å². The van der Waals surface area contributed by atoms with Gasteiger partial charge in [-0.3, -0.25) is 0 Å². The third-order valence-corrected chi connectivity index (χ3v) is 4.91. The molecular weight excluding hydrogens is 359 g/mol. The highest BCUT2D eigenvalue weighted by molar-refractivity contribution is 6.43. The van der Waals surface area contributed by atoms with Gasteiger partial charge in [0.25, 0.3) is 0 Å². The van der Waals surface area contributed by atoms with E-state index in [4.69, 9.17) is 28.5 Å². The van der Waals surface area contributed by atoms with Crippen LogP contribution in [-0.2, 0) is 0 Å².